The molecule has 0 atom stereocenters. The van der Waals surface area contributed by atoms with E-state index in [0.29, 0.717) is 55.9 Å². The summed E-state index contributed by atoms with van der Waals surface area (Å²) >= 11 is 15.2. The van der Waals surface area contributed by atoms with Crippen LogP contribution in [0.5, 0.6) is 0 Å². The van der Waals surface area contributed by atoms with Crippen LogP contribution >= 0.6 is 23.2 Å². The van der Waals surface area contributed by atoms with Gasteiger partial charge in [-0.2, -0.15) is 0 Å². The van der Waals surface area contributed by atoms with Crippen molar-refractivity contribution in [2.45, 2.75) is 41.5 Å². The Morgan fingerprint density at radius 2 is 0.365 bits per heavy atom. The summed E-state index contributed by atoms with van der Waals surface area (Å²) in [7, 11) is 0. The van der Waals surface area contributed by atoms with E-state index in [2.05, 4.69) is 224 Å². The lowest BCUT2D eigenvalue weighted by Gasteiger charge is -2.18. The fourth-order valence-electron chi connectivity index (χ4n) is 9.79. The molecule has 0 N–H and O–H groups in total. The van der Waals surface area contributed by atoms with Gasteiger partial charge >= 0.3 is 0 Å². The molecule has 356 valence electrons. The first-order valence-electron chi connectivity index (χ1n) is 24.7. The van der Waals surface area contributed by atoms with Gasteiger partial charge in [0, 0.05) is 33.4 Å². The SMILES string of the molecule is Cc1ccc(-c2ccc(-c3ccc(C)cc3)c3nc(-c4nc5c(-c6ccc(C)cc6)ccc(-c6ccc(C)cc6)c5nc4-c4nc5c(-c6ccc(C)cc6)ccc(-c6ccc(C)cc6)c5nc4Cl)c(Cl)nc23)cc1. The predicted octanol–water partition coefficient (Wildman–Crippen LogP) is 18.0. The third-order valence-corrected chi connectivity index (χ3v) is 14.5. The van der Waals surface area contributed by atoms with Crippen LogP contribution in [0.25, 0.3) is 123 Å². The number of hydrogen-bond donors (Lipinski definition) is 0. The van der Waals surface area contributed by atoms with Gasteiger partial charge in [0.25, 0.3) is 0 Å². The van der Waals surface area contributed by atoms with E-state index in [1.165, 1.54) is 0 Å². The number of hydrogen-bond acceptors (Lipinski definition) is 6. The molecule has 0 saturated heterocycles. The Bertz CT molecular complexity index is 3880. The zero-order valence-corrected chi connectivity index (χ0v) is 43.3. The van der Waals surface area contributed by atoms with Crippen molar-refractivity contribution >= 4 is 56.3 Å². The first-order chi connectivity index (χ1) is 35.9. The third kappa shape index (κ3) is 8.56. The first-order valence-corrected chi connectivity index (χ1v) is 25.5. The van der Waals surface area contributed by atoms with E-state index in [1.54, 1.807) is 0 Å². The van der Waals surface area contributed by atoms with Crippen molar-refractivity contribution in [2.75, 3.05) is 0 Å². The van der Waals surface area contributed by atoms with Gasteiger partial charge in [0.05, 0.1) is 33.1 Å². The van der Waals surface area contributed by atoms with Gasteiger partial charge < -0.3 is 0 Å². The van der Waals surface area contributed by atoms with Crippen LogP contribution in [0.3, 0.4) is 0 Å². The monoisotopic (exact) mass is 994 g/mol. The van der Waals surface area contributed by atoms with Crippen molar-refractivity contribution in [3.05, 3.63) is 226 Å². The second kappa shape index (κ2) is 18.9. The molecular formula is C66H48Cl2N6. The summed E-state index contributed by atoms with van der Waals surface area (Å²) in [5, 5.41) is 0.306. The molecule has 0 aliphatic carbocycles. The van der Waals surface area contributed by atoms with Gasteiger partial charge in [-0.25, -0.2) is 29.9 Å². The number of nitrogens with zero attached hydrogens (tertiary/aromatic N) is 6. The number of fused-ring (bicyclic) bond motifs is 3. The van der Waals surface area contributed by atoms with Crippen molar-refractivity contribution in [1.82, 2.24) is 29.9 Å². The molecule has 0 unspecified atom stereocenters. The summed E-state index contributed by atoms with van der Waals surface area (Å²) in [6.07, 6.45) is 0. The minimum absolute atomic E-state index is 0.153. The zero-order valence-electron chi connectivity index (χ0n) is 41.8. The summed E-state index contributed by atoms with van der Waals surface area (Å²) in [5.41, 5.74) is 23.6. The van der Waals surface area contributed by atoms with E-state index >= 15 is 0 Å². The Balaban J connectivity index is 1.21. The molecule has 0 radical (unpaired) electrons. The van der Waals surface area contributed by atoms with E-state index < -0.39 is 0 Å². The maximum absolute atomic E-state index is 7.61. The molecular weight excluding hydrogens is 948 g/mol. The lowest BCUT2D eigenvalue weighted by Crippen LogP contribution is -2.05. The standard InChI is InChI=1S/C66H48Cl2N6/c1-37-7-19-43(20-8-37)49-31-32-50(44-21-9-38(2)10-22-44)56-55(49)69-61(63-65(67)73-59-53(47-27-15-41(5)16-28-47)35-33-51(57(59)71-63)45-23-11-39(3)12-24-45)62(70-56)64-66(68)74-60-54(48-29-17-42(6)18-30-48)36-34-52(58(60)72-64)46-25-13-40(4)14-26-46/h7-36H,1-6H3. The van der Waals surface area contributed by atoms with E-state index in [4.69, 9.17) is 53.1 Å². The van der Waals surface area contributed by atoms with Gasteiger partial charge in [-0.3, -0.25) is 0 Å². The molecule has 0 fully saturated rings. The third-order valence-electron chi connectivity index (χ3n) is 14.0. The van der Waals surface area contributed by atoms with Crippen LogP contribution in [-0.4, -0.2) is 29.9 Å². The highest BCUT2D eigenvalue weighted by Crippen LogP contribution is 2.45. The molecule has 3 heterocycles. The van der Waals surface area contributed by atoms with Gasteiger partial charge in [0.1, 0.15) is 22.8 Å². The smallest absolute Gasteiger partial charge is 0.157 e. The molecule has 0 amide bonds. The van der Waals surface area contributed by atoms with Crippen LogP contribution in [-0.2, 0) is 0 Å². The maximum Gasteiger partial charge on any atom is 0.157 e. The molecule has 0 saturated carbocycles. The molecule has 74 heavy (non-hydrogen) atoms. The Kier molecular flexibility index (Phi) is 11.9. The Morgan fingerprint density at radius 1 is 0.203 bits per heavy atom. The average molecular weight is 996 g/mol. The second-order valence-corrected chi connectivity index (χ2v) is 20.1. The number of aromatic nitrogens is 6. The lowest BCUT2D eigenvalue weighted by atomic mass is 9.95. The molecule has 12 aromatic rings. The average Bonchev–Trinajstić information content (AvgIpc) is 3.41. The summed E-state index contributed by atoms with van der Waals surface area (Å²) in [6, 6.07) is 63.4. The normalized spacial score (nSPS) is 11.5. The van der Waals surface area contributed by atoms with Crippen molar-refractivity contribution in [3.63, 3.8) is 0 Å². The molecule has 8 heteroatoms. The van der Waals surface area contributed by atoms with Crippen LogP contribution in [0.2, 0.25) is 10.3 Å². The van der Waals surface area contributed by atoms with Gasteiger partial charge in [0.15, 0.2) is 10.3 Å². The second-order valence-electron chi connectivity index (χ2n) is 19.4. The van der Waals surface area contributed by atoms with Crippen LogP contribution in [0.1, 0.15) is 33.4 Å². The van der Waals surface area contributed by atoms with Crippen molar-refractivity contribution < 1.29 is 0 Å². The van der Waals surface area contributed by atoms with Crippen molar-refractivity contribution in [3.8, 4) is 89.5 Å². The largest absolute Gasteiger partial charge is 0.241 e. The highest BCUT2D eigenvalue weighted by atomic mass is 35.5. The Morgan fingerprint density at radius 3 is 0.554 bits per heavy atom. The van der Waals surface area contributed by atoms with Crippen LogP contribution in [0, 0.1) is 41.5 Å². The highest BCUT2D eigenvalue weighted by molar-refractivity contribution is 6.34. The first kappa shape index (κ1) is 46.6. The fraction of sp³-hybridized carbons (Fsp3) is 0.0909. The van der Waals surface area contributed by atoms with Crippen molar-refractivity contribution in [2.24, 2.45) is 0 Å². The fourth-order valence-corrected chi connectivity index (χ4v) is 10.2. The van der Waals surface area contributed by atoms with E-state index in [-0.39, 0.29) is 10.3 Å². The Labute approximate surface area is 440 Å². The summed E-state index contributed by atoms with van der Waals surface area (Å²) in [5.74, 6) is 0. The van der Waals surface area contributed by atoms with E-state index in [0.717, 1.165) is 100 Å². The van der Waals surface area contributed by atoms with Crippen LogP contribution < -0.4 is 0 Å². The van der Waals surface area contributed by atoms with Crippen LogP contribution in [0.4, 0.5) is 0 Å². The number of halogens is 2. The molecule has 0 aliphatic rings. The molecule has 9 aromatic carbocycles. The summed E-state index contributed by atoms with van der Waals surface area (Å²) < 4.78 is 0. The molecule has 0 bridgehead atoms. The van der Waals surface area contributed by atoms with Crippen LogP contribution in [0.15, 0.2) is 182 Å². The minimum atomic E-state index is 0.153. The Hall–Kier alpha value is -8.42. The van der Waals surface area contributed by atoms with Crippen molar-refractivity contribution in [1.29, 1.82) is 0 Å². The maximum atomic E-state index is 7.61. The number of rotatable bonds is 8. The predicted molar refractivity (Wildman–Crippen MR) is 308 cm³/mol. The molecule has 0 aliphatic heterocycles. The number of aryl methyl sites for hydroxylation is 6. The van der Waals surface area contributed by atoms with E-state index in [9.17, 15) is 0 Å². The van der Waals surface area contributed by atoms with Gasteiger partial charge in [-0.15, -0.1) is 0 Å². The minimum Gasteiger partial charge on any atom is -0.241 e. The molecule has 12 rings (SSSR count). The van der Waals surface area contributed by atoms with Gasteiger partial charge in [-0.1, -0.05) is 239 Å². The molecule has 0 spiro atoms. The summed E-state index contributed by atoms with van der Waals surface area (Å²) in [4.78, 5) is 33.1. The quantitative estimate of drug-likeness (QED) is 0.151. The van der Waals surface area contributed by atoms with E-state index in [1.807, 2.05) is 0 Å². The lowest BCUT2D eigenvalue weighted by molar-refractivity contribution is 1.20. The van der Waals surface area contributed by atoms with Gasteiger partial charge in [-0.05, 0) is 74.9 Å². The topological polar surface area (TPSA) is 77.3 Å². The van der Waals surface area contributed by atoms with Gasteiger partial charge in [0.2, 0.25) is 0 Å². The zero-order chi connectivity index (χ0) is 50.8. The molecule has 3 aromatic heterocycles. The summed E-state index contributed by atoms with van der Waals surface area (Å²) in [6.45, 7) is 12.5. The molecule has 6 nitrogen and oxygen atoms in total. The number of benzene rings is 9. The highest BCUT2D eigenvalue weighted by Gasteiger charge is 2.28.